The van der Waals surface area contributed by atoms with Gasteiger partial charge in [-0.3, -0.25) is 19.0 Å². The minimum absolute atomic E-state index is 0.0690. The Labute approximate surface area is 189 Å². The first-order valence-corrected chi connectivity index (χ1v) is 10.5. The molecule has 166 valence electrons. The minimum atomic E-state index is -0.914. The van der Waals surface area contributed by atoms with Gasteiger partial charge in [0.05, 0.1) is 18.7 Å². The lowest BCUT2D eigenvalue weighted by atomic mass is 9.97. The molecule has 8 nitrogen and oxygen atoms in total. The van der Waals surface area contributed by atoms with Gasteiger partial charge in [-0.2, -0.15) is 0 Å². The summed E-state index contributed by atoms with van der Waals surface area (Å²) in [6.45, 7) is 3.90. The van der Waals surface area contributed by atoms with E-state index in [1.807, 2.05) is 13.0 Å². The molecule has 2 aromatic heterocycles. The Morgan fingerprint density at radius 3 is 2.69 bits per heavy atom. The highest BCUT2D eigenvalue weighted by Gasteiger charge is 2.39. The monoisotopic (exact) mass is 454 g/mol. The molecule has 0 aliphatic carbocycles. The Kier molecular flexibility index (Phi) is 5.75. The van der Waals surface area contributed by atoms with Crippen LogP contribution in [-0.2, 0) is 17.9 Å². The second-order valence-electron chi connectivity index (χ2n) is 8.37. The van der Waals surface area contributed by atoms with Crippen LogP contribution in [0.2, 0.25) is 5.02 Å². The third kappa shape index (κ3) is 4.37. The van der Waals surface area contributed by atoms with Crippen LogP contribution in [-0.4, -0.2) is 50.1 Å². The molecule has 0 saturated carbocycles. The summed E-state index contributed by atoms with van der Waals surface area (Å²) in [6, 6.07) is 10.3. The van der Waals surface area contributed by atoms with Crippen molar-refractivity contribution in [1.29, 1.82) is 0 Å². The number of nitrogens with zero attached hydrogens (tertiary/aromatic N) is 3. The summed E-state index contributed by atoms with van der Waals surface area (Å²) in [7, 11) is 0. The van der Waals surface area contributed by atoms with Gasteiger partial charge < -0.3 is 15.3 Å². The van der Waals surface area contributed by atoms with Gasteiger partial charge in [-0.25, -0.2) is 4.98 Å². The number of β-amino-alcohol motifs (C(OH)–C–C–N with tert-alkyl or cyclic N) is 1. The van der Waals surface area contributed by atoms with Crippen molar-refractivity contribution in [2.75, 3.05) is 13.1 Å². The molecule has 9 heteroatoms. The summed E-state index contributed by atoms with van der Waals surface area (Å²) in [5, 5.41) is 13.8. The van der Waals surface area contributed by atoms with Crippen LogP contribution in [0.25, 0.3) is 11.0 Å². The van der Waals surface area contributed by atoms with Crippen molar-refractivity contribution in [1.82, 2.24) is 19.8 Å². The maximum Gasteiger partial charge on any atom is 0.265 e. The van der Waals surface area contributed by atoms with Crippen LogP contribution in [0.1, 0.15) is 28.4 Å². The van der Waals surface area contributed by atoms with Crippen LogP contribution in [0.15, 0.2) is 47.4 Å². The largest absolute Gasteiger partial charge is 0.386 e. The van der Waals surface area contributed by atoms with E-state index in [0.29, 0.717) is 16.1 Å². The van der Waals surface area contributed by atoms with Crippen LogP contribution >= 0.6 is 11.6 Å². The predicted molar refractivity (Wildman–Crippen MR) is 121 cm³/mol. The fraction of sp³-hybridized carbons (Fsp3) is 0.304. The molecule has 1 fully saturated rings. The molecule has 0 unspecified atom stereocenters. The van der Waals surface area contributed by atoms with E-state index in [4.69, 9.17) is 11.6 Å². The van der Waals surface area contributed by atoms with E-state index in [1.54, 1.807) is 31.2 Å². The average Bonchev–Trinajstić information content (AvgIpc) is 2.72. The molecule has 2 amide bonds. The van der Waals surface area contributed by atoms with Crippen molar-refractivity contribution in [3.05, 3.63) is 74.7 Å². The zero-order valence-electron chi connectivity index (χ0n) is 17.8. The van der Waals surface area contributed by atoms with Crippen molar-refractivity contribution in [3.8, 4) is 0 Å². The fourth-order valence-electron chi connectivity index (χ4n) is 3.83. The lowest BCUT2D eigenvalue weighted by molar-refractivity contribution is -0.152. The van der Waals surface area contributed by atoms with Crippen LogP contribution < -0.4 is 10.9 Å². The van der Waals surface area contributed by atoms with Crippen LogP contribution in [0.4, 0.5) is 0 Å². The van der Waals surface area contributed by atoms with Crippen molar-refractivity contribution in [3.63, 3.8) is 0 Å². The zero-order valence-corrected chi connectivity index (χ0v) is 18.5. The smallest absolute Gasteiger partial charge is 0.265 e. The number of amides is 2. The Balaban J connectivity index is 1.62. The van der Waals surface area contributed by atoms with Crippen LogP contribution in [0.3, 0.4) is 0 Å². The molecule has 0 bridgehead atoms. The first-order chi connectivity index (χ1) is 15.1. The molecule has 1 aliphatic rings. The van der Waals surface area contributed by atoms with E-state index in [0.717, 1.165) is 11.1 Å². The standard InChI is InChI=1S/C23H23ClN4O4/c1-14-8-17(24)6-5-16(14)10-26-21(30)18-9-15-4-3-7-25-20(15)28(22(18)31)11-19(29)27-12-23(2,32)13-27/h3-9,32H,10-13H2,1-2H3,(H,26,30). The third-order valence-electron chi connectivity index (χ3n) is 5.55. The number of aryl methyl sites for hydroxylation is 1. The number of nitrogens with one attached hydrogen (secondary N) is 1. The van der Waals surface area contributed by atoms with E-state index in [9.17, 15) is 19.5 Å². The van der Waals surface area contributed by atoms with E-state index in [-0.39, 0.29) is 37.6 Å². The Hall–Kier alpha value is -3.23. The molecular formula is C23H23ClN4O4. The molecular weight excluding hydrogens is 432 g/mol. The number of likely N-dealkylation sites (tertiary alicyclic amines) is 1. The summed E-state index contributed by atoms with van der Waals surface area (Å²) < 4.78 is 1.22. The number of pyridine rings is 2. The summed E-state index contributed by atoms with van der Waals surface area (Å²) >= 11 is 5.98. The zero-order chi connectivity index (χ0) is 23.0. The second kappa shape index (κ2) is 8.37. The number of aliphatic hydroxyl groups is 1. The topological polar surface area (TPSA) is 105 Å². The van der Waals surface area contributed by atoms with E-state index in [1.165, 1.54) is 21.7 Å². The van der Waals surface area contributed by atoms with Crippen LogP contribution in [0.5, 0.6) is 0 Å². The van der Waals surface area contributed by atoms with Gasteiger partial charge in [-0.1, -0.05) is 17.7 Å². The molecule has 3 heterocycles. The Morgan fingerprint density at radius 1 is 1.25 bits per heavy atom. The molecule has 0 radical (unpaired) electrons. The lowest BCUT2D eigenvalue weighted by Crippen LogP contribution is -2.62. The first-order valence-electron chi connectivity index (χ1n) is 10.2. The maximum absolute atomic E-state index is 13.2. The Morgan fingerprint density at radius 2 is 2.00 bits per heavy atom. The van der Waals surface area contributed by atoms with Gasteiger partial charge in [0.25, 0.3) is 11.5 Å². The molecule has 1 aromatic carbocycles. The van der Waals surface area contributed by atoms with Crippen molar-refractivity contribution in [2.24, 2.45) is 0 Å². The number of halogens is 1. The number of carbonyl (C=O) groups is 2. The summed E-state index contributed by atoms with van der Waals surface area (Å²) in [5.41, 5.74) is 0.549. The van der Waals surface area contributed by atoms with Crippen LogP contribution in [0, 0.1) is 6.92 Å². The molecule has 3 aromatic rings. The van der Waals surface area contributed by atoms with Gasteiger partial charge in [-0.05, 0) is 55.3 Å². The predicted octanol–water partition coefficient (Wildman–Crippen LogP) is 1.88. The molecule has 0 spiro atoms. The van der Waals surface area contributed by atoms with Crippen molar-refractivity contribution < 1.29 is 14.7 Å². The maximum atomic E-state index is 13.2. The number of hydrogen-bond donors (Lipinski definition) is 2. The highest BCUT2D eigenvalue weighted by atomic mass is 35.5. The van der Waals surface area contributed by atoms with E-state index in [2.05, 4.69) is 10.3 Å². The van der Waals surface area contributed by atoms with E-state index >= 15 is 0 Å². The van der Waals surface area contributed by atoms with Crippen molar-refractivity contribution in [2.45, 2.75) is 32.5 Å². The number of aromatic nitrogens is 2. The van der Waals surface area contributed by atoms with Gasteiger partial charge in [0, 0.05) is 23.2 Å². The average molecular weight is 455 g/mol. The molecule has 4 rings (SSSR count). The van der Waals surface area contributed by atoms with Gasteiger partial charge in [0.2, 0.25) is 5.91 Å². The number of benzene rings is 1. The van der Waals surface area contributed by atoms with Gasteiger partial charge in [-0.15, -0.1) is 0 Å². The highest BCUT2D eigenvalue weighted by Crippen LogP contribution is 2.20. The highest BCUT2D eigenvalue weighted by molar-refractivity contribution is 6.30. The SMILES string of the molecule is Cc1cc(Cl)ccc1CNC(=O)c1cc2cccnc2n(CC(=O)N2CC(C)(O)C2)c1=O. The molecule has 0 atom stereocenters. The number of rotatable bonds is 5. The molecule has 1 saturated heterocycles. The second-order valence-corrected chi connectivity index (χ2v) is 8.80. The van der Waals surface area contributed by atoms with E-state index < -0.39 is 17.1 Å². The molecule has 1 aliphatic heterocycles. The Bertz CT molecular complexity index is 1280. The first kappa shape index (κ1) is 22.0. The molecule has 32 heavy (non-hydrogen) atoms. The fourth-order valence-corrected chi connectivity index (χ4v) is 4.06. The summed E-state index contributed by atoms with van der Waals surface area (Å²) in [5.74, 6) is -0.858. The normalized spacial score (nSPS) is 14.8. The summed E-state index contributed by atoms with van der Waals surface area (Å²) in [6.07, 6.45) is 1.53. The van der Waals surface area contributed by atoms with Crippen molar-refractivity contribution >= 4 is 34.4 Å². The number of hydrogen-bond acceptors (Lipinski definition) is 5. The van der Waals surface area contributed by atoms with Gasteiger partial charge >= 0.3 is 0 Å². The number of fused-ring (bicyclic) bond motifs is 1. The molecule has 2 N–H and O–H groups in total. The van der Waals surface area contributed by atoms with Gasteiger partial charge in [0.15, 0.2) is 0 Å². The minimum Gasteiger partial charge on any atom is -0.386 e. The summed E-state index contributed by atoms with van der Waals surface area (Å²) in [4.78, 5) is 44.4. The third-order valence-corrected chi connectivity index (χ3v) is 5.78. The quantitative estimate of drug-likeness (QED) is 0.612. The number of carbonyl (C=O) groups excluding carboxylic acids is 2. The van der Waals surface area contributed by atoms with Gasteiger partial charge in [0.1, 0.15) is 17.8 Å². The lowest BCUT2D eigenvalue weighted by Gasteiger charge is -2.44.